The number of hydrogen-bond donors (Lipinski definition) is 1. The van der Waals surface area contributed by atoms with Gasteiger partial charge in [-0.05, 0) is 18.6 Å². The fourth-order valence-corrected chi connectivity index (χ4v) is 12.6. The Morgan fingerprint density at radius 1 is 0.733 bits per heavy atom. The van der Waals surface area contributed by atoms with Crippen LogP contribution in [-0.2, 0) is 10.1 Å². The van der Waals surface area contributed by atoms with E-state index in [2.05, 4.69) is 19.1 Å². The number of hydrogen-bond acceptors (Lipinski definition) is 2. The second kappa shape index (κ2) is 19.3. The van der Waals surface area contributed by atoms with Gasteiger partial charge in [0.25, 0.3) is 10.1 Å². The minimum atomic E-state index is -3.94. The monoisotopic (exact) mass is 666 g/mol. The van der Waals surface area contributed by atoms with Gasteiger partial charge >= 0.3 is 0 Å². The summed E-state index contributed by atoms with van der Waals surface area (Å²) < 4.78 is 40.6. The lowest BCUT2D eigenvalue weighted by atomic mass is 10.0. The maximum Gasteiger partial charge on any atom is 0.272 e. The summed E-state index contributed by atoms with van der Waals surface area (Å²) in [7, 11) is -3.94. The maximum absolute atomic E-state index is 11.8. The van der Waals surface area contributed by atoms with Crippen molar-refractivity contribution in [1.82, 2.24) is 0 Å². The van der Waals surface area contributed by atoms with Crippen LogP contribution >= 0.6 is 41.5 Å². The molecule has 1 aliphatic heterocycles. The molecule has 30 heavy (non-hydrogen) atoms. The summed E-state index contributed by atoms with van der Waals surface area (Å²) in [6, 6.07) is 0. The summed E-state index contributed by atoms with van der Waals surface area (Å²) >= 11 is -0.476. The lowest BCUT2D eigenvalue weighted by molar-refractivity contribution is 0.471. The highest BCUT2D eigenvalue weighted by Gasteiger charge is 2.26. The average Bonchev–Trinajstić information content (AvgIpc) is 2.72. The number of unbranched alkanes of at least 4 members (excludes halogenated alkanes) is 16. The topological polar surface area (TPSA) is 54.4 Å². The first-order valence-electron chi connectivity index (χ1n) is 12.1. The van der Waals surface area contributed by atoms with Crippen LogP contribution in [0.2, 0.25) is 0 Å². The molecule has 1 heterocycles. The van der Waals surface area contributed by atoms with Crippen LogP contribution in [-0.4, -0.2) is 25.7 Å². The van der Waals surface area contributed by atoms with Gasteiger partial charge in [-0.1, -0.05) is 158 Å². The van der Waals surface area contributed by atoms with E-state index in [0.29, 0.717) is 6.42 Å². The van der Waals surface area contributed by atoms with E-state index in [1.54, 1.807) is 0 Å². The molecule has 0 aliphatic carbocycles. The Bertz CT molecular complexity index is 612. The molecular formula is C24H44I2O3S. The second-order valence-corrected chi connectivity index (χ2v) is 14.7. The molecule has 178 valence electrons. The zero-order valence-electron chi connectivity index (χ0n) is 19.0. The van der Waals surface area contributed by atoms with E-state index in [1.165, 1.54) is 96.3 Å². The van der Waals surface area contributed by atoms with Crippen LogP contribution in [0.1, 0.15) is 122 Å². The molecule has 1 aliphatic rings. The molecule has 6 heteroatoms. The van der Waals surface area contributed by atoms with Gasteiger partial charge in [0.1, 0.15) is 5.25 Å². The number of halogens is 2. The molecule has 0 aromatic rings. The van der Waals surface area contributed by atoms with Gasteiger partial charge in [-0.15, -0.1) is 0 Å². The molecule has 1 atom stereocenters. The van der Waals surface area contributed by atoms with Crippen molar-refractivity contribution in [3.05, 3.63) is 8.17 Å². The van der Waals surface area contributed by atoms with Crippen LogP contribution in [0.5, 0.6) is 0 Å². The minimum Gasteiger partial charge on any atom is -0.285 e. The third-order valence-corrected chi connectivity index (χ3v) is 14.2. The molecule has 0 spiro atoms. The lowest BCUT2D eigenvalue weighted by Gasteiger charge is -2.15. The third-order valence-electron chi connectivity index (χ3n) is 5.71. The van der Waals surface area contributed by atoms with Gasteiger partial charge in [0.2, 0.25) is 0 Å². The van der Waals surface area contributed by atoms with E-state index in [0.717, 1.165) is 16.4 Å². The van der Waals surface area contributed by atoms with Crippen LogP contribution in [0, 0.1) is 0 Å². The van der Waals surface area contributed by atoms with E-state index in [-0.39, 0.29) is 41.5 Å². The first-order chi connectivity index (χ1) is 14.6. The molecule has 0 saturated heterocycles. The Morgan fingerprint density at radius 2 is 1.17 bits per heavy atom. The van der Waals surface area contributed by atoms with Crippen molar-refractivity contribution in [3.8, 4) is 0 Å². The van der Waals surface area contributed by atoms with Crippen molar-refractivity contribution in [1.29, 1.82) is 0 Å². The number of rotatable bonds is 20. The summed E-state index contributed by atoms with van der Waals surface area (Å²) in [6.07, 6.45) is 23.2. The van der Waals surface area contributed by atoms with Gasteiger partial charge in [0.15, 0.2) is 0 Å². The summed E-state index contributed by atoms with van der Waals surface area (Å²) in [5.41, 5.74) is 0. The summed E-state index contributed by atoms with van der Waals surface area (Å²) in [4.78, 5) is 0. The lowest BCUT2D eigenvalue weighted by Crippen LogP contribution is -2.29. The molecule has 0 amide bonds. The molecule has 0 fully saturated rings. The highest BCUT2D eigenvalue weighted by atomic mass is 127. The highest BCUT2D eigenvalue weighted by Crippen LogP contribution is 2.23. The van der Waals surface area contributed by atoms with Crippen molar-refractivity contribution >= 4 is 59.1 Å². The quantitative estimate of drug-likeness (QED) is 0.0804. The molecule has 0 bridgehead atoms. The standard InChI is InChI=1S/C24H44I2O3S/c1-2-3-4-5-6-7-8-9-10-11-12-13-14-15-16-17-18-19-24(30(27,28)29)23-22-25-20-21-26-23/h20-22,24H,2-19H2,1H3,(H,27,28,29). The largest absolute Gasteiger partial charge is 0.285 e. The van der Waals surface area contributed by atoms with Gasteiger partial charge < -0.3 is 0 Å². The maximum atomic E-state index is 11.8. The first kappa shape index (κ1) is 28.9. The summed E-state index contributed by atoms with van der Waals surface area (Å²) in [5.74, 6) is 0. The van der Waals surface area contributed by atoms with Crippen LogP contribution in [0.15, 0.2) is 8.17 Å². The third kappa shape index (κ3) is 15.6. The van der Waals surface area contributed by atoms with Crippen LogP contribution in [0.25, 0.3) is 0 Å². The SMILES string of the molecule is CCCCCCCCCCCCCCCCCCCC(C1=IC=CI=C1)S(=O)(=O)O. The normalized spacial score (nSPS) is 15.3. The van der Waals surface area contributed by atoms with Crippen molar-refractivity contribution in [2.45, 2.75) is 128 Å². The molecule has 3 nitrogen and oxygen atoms in total. The zero-order chi connectivity index (χ0) is 21.9. The summed E-state index contributed by atoms with van der Waals surface area (Å²) in [5, 5.41) is -0.619. The van der Waals surface area contributed by atoms with Crippen LogP contribution in [0.3, 0.4) is 0 Å². The molecule has 1 rings (SSSR count). The molecule has 0 saturated carbocycles. The van der Waals surface area contributed by atoms with E-state index in [9.17, 15) is 13.0 Å². The average molecular weight is 666 g/mol. The Hall–Kier alpha value is 0.850. The van der Waals surface area contributed by atoms with Crippen molar-refractivity contribution in [2.24, 2.45) is 0 Å². The molecule has 1 unspecified atom stereocenters. The smallest absolute Gasteiger partial charge is 0.272 e. The van der Waals surface area contributed by atoms with E-state index < -0.39 is 15.4 Å². The van der Waals surface area contributed by atoms with Gasteiger partial charge in [0, 0.05) is 3.51 Å². The predicted octanol–water partition coefficient (Wildman–Crippen LogP) is 8.69. The van der Waals surface area contributed by atoms with Crippen molar-refractivity contribution in [2.75, 3.05) is 0 Å². The zero-order valence-corrected chi connectivity index (χ0v) is 24.1. The van der Waals surface area contributed by atoms with Gasteiger partial charge in [-0.3, -0.25) is 4.55 Å². The molecule has 0 aromatic heterocycles. The molecular weight excluding hydrogens is 622 g/mol. The first-order valence-corrected chi connectivity index (χ1v) is 18.4. The fourth-order valence-electron chi connectivity index (χ4n) is 3.87. The van der Waals surface area contributed by atoms with Crippen molar-refractivity contribution in [3.63, 3.8) is 0 Å². The van der Waals surface area contributed by atoms with Crippen LogP contribution < -0.4 is 0 Å². The molecule has 1 N–H and O–H groups in total. The fraction of sp³-hybridized carbons (Fsp3) is 0.833. The Morgan fingerprint density at radius 3 is 1.53 bits per heavy atom. The van der Waals surface area contributed by atoms with E-state index in [1.807, 2.05) is 0 Å². The highest BCUT2D eigenvalue weighted by molar-refractivity contribution is 14.2. The Kier molecular flexibility index (Phi) is 18.6. The van der Waals surface area contributed by atoms with Crippen molar-refractivity contribution < 1.29 is 13.0 Å². The Labute approximate surface area is 206 Å². The van der Waals surface area contributed by atoms with E-state index in [4.69, 9.17) is 0 Å². The van der Waals surface area contributed by atoms with E-state index >= 15 is 0 Å². The van der Waals surface area contributed by atoms with Crippen LogP contribution in [0.4, 0.5) is 0 Å². The molecule has 0 aromatic carbocycles. The Balaban J connectivity index is 1.92. The second-order valence-electron chi connectivity index (χ2n) is 8.43. The van der Waals surface area contributed by atoms with Gasteiger partial charge in [-0.2, -0.15) is 8.42 Å². The summed E-state index contributed by atoms with van der Waals surface area (Å²) in [6.45, 7) is 2.28. The van der Waals surface area contributed by atoms with Gasteiger partial charge in [-0.25, -0.2) is 0 Å². The predicted molar refractivity (Wildman–Crippen MR) is 152 cm³/mol. The minimum absolute atomic E-state index is 0.140. The van der Waals surface area contributed by atoms with Gasteiger partial charge in [0.05, 0.1) is 0 Å². The molecule has 0 radical (unpaired) electrons.